The third-order valence-corrected chi connectivity index (χ3v) is 7.15. The third kappa shape index (κ3) is 6.83. The number of pyridine rings is 2. The smallest absolute Gasteiger partial charge is 0.280 e. The Morgan fingerprint density at radius 1 is 1.02 bits per heavy atom. The van der Waals surface area contributed by atoms with Gasteiger partial charge < -0.3 is 19.2 Å². The van der Waals surface area contributed by atoms with Gasteiger partial charge in [-0.05, 0) is 63.1 Å². The zero-order valence-corrected chi connectivity index (χ0v) is 22.7. The Hall–Kier alpha value is -3.85. The van der Waals surface area contributed by atoms with Crippen molar-refractivity contribution in [1.82, 2.24) is 14.4 Å². The number of aromatic nitrogens is 3. The number of fused-ring (bicyclic) bond motifs is 1. The number of imidazole rings is 1. The molecule has 210 valence electrons. The number of hydrogen-bond acceptors (Lipinski definition) is 5. The van der Waals surface area contributed by atoms with Gasteiger partial charge >= 0.3 is 0 Å². The van der Waals surface area contributed by atoms with Crippen LogP contribution in [0.5, 0.6) is 5.75 Å². The second-order valence-electron chi connectivity index (χ2n) is 10.6. The first-order valence-corrected chi connectivity index (χ1v) is 13.7. The maximum Gasteiger partial charge on any atom is 0.280 e. The number of ether oxygens (including phenoxy) is 2. The van der Waals surface area contributed by atoms with Crippen LogP contribution in [-0.2, 0) is 11.3 Å². The average molecular weight is 549 g/mol. The molecular weight excluding hydrogens is 514 g/mol. The second kappa shape index (κ2) is 12.6. The summed E-state index contributed by atoms with van der Waals surface area (Å²) in [6.07, 6.45) is 4.95. The lowest BCUT2D eigenvalue weighted by Crippen LogP contribution is -2.18. The number of rotatable bonds is 10. The highest BCUT2D eigenvalue weighted by Gasteiger charge is 2.25. The molecule has 9 heteroatoms. The molecule has 3 heterocycles. The van der Waals surface area contributed by atoms with E-state index in [1.165, 1.54) is 23.8 Å². The Balaban J connectivity index is 1.27. The third-order valence-electron chi connectivity index (χ3n) is 7.15. The second-order valence-corrected chi connectivity index (χ2v) is 10.6. The maximum atomic E-state index is 13.2. The predicted octanol–water partition coefficient (Wildman–Crippen LogP) is 7.20. The number of amides is 1. The fraction of sp³-hybridized carbons (Fsp3) is 0.387. The van der Waals surface area contributed by atoms with Gasteiger partial charge in [0.2, 0.25) is 0 Å². The molecule has 1 saturated carbocycles. The molecule has 40 heavy (non-hydrogen) atoms. The van der Waals surface area contributed by atoms with Crippen LogP contribution >= 0.6 is 0 Å². The largest absolute Gasteiger partial charge is 0.490 e. The molecular formula is C31H34F2N4O3. The fourth-order valence-corrected chi connectivity index (χ4v) is 5.12. The van der Waals surface area contributed by atoms with Crippen molar-refractivity contribution in [2.24, 2.45) is 5.92 Å². The highest BCUT2D eigenvalue weighted by Crippen LogP contribution is 2.36. The molecule has 1 aliphatic carbocycles. The molecule has 5 rings (SSSR count). The summed E-state index contributed by atoms with van der Waals surface area (Å²) in [7, 11) is 0. The minimum absolute atomic E-state index is 0.0502. The van der Waals surface area contributed by atoms with Crippen molar-refractivity contribution in [2.45, 2.75) is 64.6 Å². The van der Waals surface area contributed by atoms with E-state index in [1.54, 1.807) is 12.3 Å². The lowest BCUT2D eigenvalue weighted by molar-refractivity contribution is 0.0714. The SMILES string of the molecule is CC(C)Oc1cc2nc([C@H]3CC[C@H](COCc4ccccc4)CC3)cn2cc1C(=O)Nc1cccc(C(F)F)n1. The van der Waals surface area contributed by atoms with Crippen LogP contribution in [0.25, 0.3) is 5.65 Å². The number of benzene rings is 1. The van der Waals surface area contributed by atoms with Crippen molar-refractivity contribution in [1.29, 1.82) is 0 Å². The molecule has 1 aliphatic rings. The van der Waals surface area contributed by atoms with Crippen LogP contribution in [0.15, 0.2) is 67.0 Å². The number of alkyl halides is 2. The number of carbonyl (C=O) groups excluding carboxylic acids is 1. The lowest BCUT2D eigenvalue weighted by atomic mass is 9.81. The van der Waals surface area contributed by atoms with Crippen LogP contribution in [0.3, 0.4) is 0 Å². The Labute approximate surface area is 232 Å². The van der Waals surface area contributed by atoms with Gasteiger partial charge in [0.1, 0.15) is 22.9 Å². The van der Waals surface area contributed by atoms with Crippen molar-refractivity contribution in [3.63, 3.8) is 0 Å². The fourth-order valence-electron chi connectivity index (χ4n) is 5.12. The molecule has 0 radical (unpaired) electrons. The summed E-state index contributed by atoms with van der Waals surface area (Å²) >= 11 is 0. The first-order valence-electron chi connectivity index (χ1n) is 13.7. The minimum atomic E-state index is -2.73. The monoisotopic (exact) mass is 548 g/mol. The van der Waals surface area contributed by atoms with Crippen LogP contribution in [0.4, 0.5) is 14.6 Å². The molecule has 1 aromatic carbocycles. The molecule has 0 bridgehead atoms. The molecule has 0 unspecified atom stereocenters. The highest BCUT2D eigenvalue weighted by atomic mass is 19.3. The normalized spacial score (nSPS) is 17.4. The van der Waals surface area contributed by atoms with E-state index in [0.717, 1.165) is 38.0 Å². The van der Waals surface area contributed by atoms with Gasteiger partial charge in [-0.2, -0.15) is 0 Å². The molecule has 4 aromatic rings. The van der Waals surface area contributed by atoms with Crippen LogP contribution in [0.1, 0.15) is 79.2 Å². The molecule has 1 fully saturated rings. The van der Waals surface area contributed by atoms with Gasteiger partial charge in [-0.3, -0.25) is 4.79 Å². The van der Waals surface area contributed by atoms with Crippen molar-refractivity contribution in [2.75, 3.05) is 11.9 Å². The number of halogens is 2. The average Bonchev–Trinajstić information content (AvgIpc) is 3.36. The van der Waals surface area contributed by atoms with Gasteiger partial charge in [-0.1, -0.05) is 36.4 Å². The number of nitrogens with one attached hydrogen (secondary N) is 1. The number of carbonyl (C=O) groups is 1. The van der Waals surface area contributed by atoms with Gasteiger partial charge in [-0.15, -0.1) is 0 Å². The Kier molecular flexibility index (Phi) is 8.69. The molecule has 3 aromatic heterocycles. The van der Waals surface area contributed by atoms with E-state index in [1.807, 2.05) is 42.6 Å². The van der Waals surface area contributed by atoms with Gasteiger partial charge in [0.15, 0.2) is 0 Å². The number of hydrogen-bond donors (Lipinski definition) is 1. The zero-order chi connectivity index (χ0) is 28.1. The van der Waals surface area contributed by atoms with E-state index < -0.39 is 18.0 Å². The van der Waals surface area contributed by atoms with Gasteiger partial charge in [0.25, 0.3) is 12.3 Å². The van der Waals surface area contributed by atoms with E-state index in [0.29, 0.717) is 29.8 Å². The Morgan fingerprint density at radius 3 is 2.52 bits per heavy atom. The number of anilines is 1. The molecule has 0 spiro atoms. The molecule has 1 N–H and O–H groups in total. The summed E-state index contributed by atoms with van der Waals surface area (Å²) in [6, 6.07) is 16.1. The van der Waals surface area contributed by atoms with Gasteiger partial charge in [-0.25, -0.2) is 18.7 Å². The lowest BCUT2D eigenvalue weighted by Gasteiger charge is -2.27. The zero-order valence-electron chi connectivity index (χ0n) is 22.7. The first kappa shape index (κ1) is 27.7. The van der Waals surface area contributed by atoms with Crippen molar-refractivity contribution >= 4 is 17.4 Å². The summed E-state index contributed by atoms with van der Waals surface area (Å²) in [4.78, 5) is 21.9. The van der Waals surface area contributed by atoms with E-state index in [4.69, 9.17) is 14.5 Å². The van der Waals surface area contributed by atoms with Crippen molar-refractivity contribution in [3.05, 3.63) is 89.5 Å². The van der Waals surface area contributed by atoms with Crippen LogP contribution in [0, 0.1) is 5.92 Å². The molecule has 1 amide bonds. The minimum Gasteiger partial charge on any atom is -0.490 e. The van der Waals surface area contributed by atoms with E-state index in [-0.39, 0.29) is 17.5 Å². The van der Waals surface area contributed by atoms with Crippen LogP contribution in [0.2, 0.25) is 0 Å². The Morgan fingerprint density at radius 2 is 1.80 bits per heavy atom. The standard InChI is InChI=1S/C31H34F2N4O3/c1-20(2)40-27-15-29-35-26(23-13-11-22(12-14-23)19-39-18-21-7-4-3-5-8-21)17-37(29)16-24(27)31(38)36-28-10-6-9-25(34-28)30(32)33/h3-10,15-17,20,22-23,30H,11-14,18-19H2,1-2H3,(H,34,36,38)/t22-,23-. The van der Waals surface area contributed by atoms with E-state index in [9.17, 15) is 13.6 Å². The summed E-state index contributed by atoms with van der Waals surface area (Å²) in [5, 5.41) is 2.62. The Bertz CT molecular complexity index is 1430. The quantitative estimate of drug-likeness (QED) is 0.227. The first-order chi connectivity index (χ1) is 19.4. The molecule has 0 saturated heterocycles. The van der Waals surface area contributed by atoms with Crippen LogP contribution in [-0.4, -0.2) is 33.0 Å². The van der Waals surface area contributed by atoms with Crippen molar-refractivity contribution < 1.29 is 23.0 Å². The maximum absolute atomic E-state index is 13.2. The van der Waals surface area contributed by atoms with Gasteiger partial charge in [0, 0.05) is 31.0 Å². The highest BCUT2D eigenvalue weighted by molar-refractivity contribution is 6.05. The van der Waals surface area contributed by atoms with E-state index >= 15 is 0 Å². The molecule has 0 aliphatic heterocycles. The summed E-state index contributed by atoms with van der Waals surface area (Å²) in [5.41, 5.74) is 2.74. The molecule has 0 atom stereocenters. The summed E-state index contributed by atoms with van der Waals surface area (Å²) in [5.74, 6) is 0.798. The van der Waals surface area contributed by atoms with E-state index in [2.05, 4.69) is 22.4 Å². The predicted molar refractivity (Wildman–Crippen MR) is 149 cm³/mol. The van der Waals surface area contributed by atoms with Crippen molar-refractivity contribution in [3.8, 4) is 5.75 Å². The topological polar surface area (TPSA) is 77.8 Å². The summed E-state index contributed by atoms with van der Waals surface area (Å²) < 4.78 is 39.9. The number of nitrogens with zero attached hydrogens (tertiary/aromatic N) is 3. The van der Waals surface area contributed by atoms with Crippen LogP contribution < -0.4 is 10.1 Å². The summed E-state index contributed by atoms with van der Waals surface area (Å²) in [6.45, 7) is 5.14. The van der Waals surface area contributed by atoms with Gasteiger partial charge in [0.05, 0.1) is 24.0 Å². The molecule has 7 nitrogen and oxygen atoms in total.